The standard InChI is InChI=1S/C36H37ClF2N4O4/c37-32-7-4-8-33(39)31(32)23-42-18-20-43(21-19-42)24-35(44)41-34(17-22-46-25-26-5-2-1-3-6-26)36(45)40-28-11-15-30(16-12-28)47-29-13-9-27(38)10-14-29/h1-16,34H,17-25H2,(H,40,45)(H,41,44)/t34-/m0/s1. The molecule has 1 aliphatic heterocycles. The third-order valence-electron chi connectivity index (χ3n) is 7.76. The second-order valence-electron chi connectivity index (χ2n) is 11.3. The van der Waals surface area contributed by atoms with Gasteiger partial charge in [-0.25, -0.2) is 8.78 Å². The molecule has 4 aromatic rings. The molecule has 47 heavy (non-hydrogen) atoms. The molecule has 0 radical (unpaired) electrons. The summed E-state index contributed by atoms with van der Waals surface area (Å²) in [5.74, 6) is -0.330. The average Bonchev–Trinajstić information content (AvgIpc) is 3.07. The summed E-state index contributed by atoms with van der Waals surface area (Å²) in [6.45, 7) is 3.70. The van der Waals surface area contributed by atoms with Crippen LogP contribution in [-0.2, 0) is 27.5 Å². The fourth-order valence-corrected chi connectivity index (χ4v) is 5.39. The number of piperazine rings is 1. The largest absolute Gasteiger partial charge is 0.457 e. The zero-order valence-corrected chi connectivity index (χ0v) is 26.6. The van der Waals surface area contributed by atoms with E-state index in [0.717, 1.165) is 5.56 Å². The van der Waals surface area contributed by atoms with Gasteiger partial charge in [0.15, 0.2) is 0 Å². The van der Waals surface area contributed by atoms with Crippen molar-refractivity contribution in [3.8, 4) is 11.5 Å². The molecule has 2 amide bonds. The predicted molar refractivity (Wildman–Crippen MR) is 177 cm³/mol. The zero-order chi connectivity index (χ0) is 33.0. The van der Waals surface area contributed by atoms with Crippen LogP contribution in [0.3, 0.4) is 0 Å². The van der Waals surface area contributed by atoms with Crippen LogP contribution in [0.4, 0.5) is 14.5 Å². The highest BCUT2D eigenvalue weighted by Crippen LogP contribution is 2.24. The SMILES string of the molecule is O=C(CN1CCN(Cc2c(F)cccc2Cl)CC1)N[C@@H](CCOCc1ccccc1)C(=O)Nc1ccc(Oc2ccc(F)cc2)cc1. The smallest absolute Gasteiger partial charge is 0.247 e. The summed E-state index contributed by atoms with van der Waals surface area (Å²) in [4.78, 5) is 30.6. The van der Waals surface area contributed by atoms with E-state index in [-0.39, 0.29) is 43.0 Å². The summed E-state index contributed by atoms with van der Waals surface area (Å²) in [5, 5.41) is 6.16. The first-order chi connectivity index (χ1) is 22.8. The van der Waals surface area contributed by atoms with Crippen molar-refractivity contribution >= 4 is 29.1 Å². The Balaban J connectivity index is 1.14. The minimum Gasteiger partial charge on any atom is -0.457 e. The van der Waals surface area contributed by atoms with Crippen LogP contribution < -0.4 is 15.4 Å². The molecule has 0 aromatic heterocycles. The van der Waals surface area contributed by atoms with Gasteiger partial charge in [-0.05, 0) is 72.6 Å². The summed E-state index contributed by atoms with van der Waals surface area (Å²) in [6, 6.07) is 26.0. The summed E-state index contributed by atoms with van der Waals surface area (Å²) < 4.78 is 39.0. The molecular formula is C36H37ClF2N4O4. The summed E-state index contributed by atoms with van der Waals surface area (Å²) in [6.07, 6.45) is 0.271. The van der Waals surface area contributed by atoms with E-state index < -0.39 is 6.04 Å². The lowest BCUT2D eigenvalue weighted by molar-refractivity contribution is -0.128. The maximum Gasteiger partial charge on any atom is 0.247 e. The van der Waals surface area contributed by atoms with Crippen LogP contribution in [0.15, 0.2) is 97.1 Å². The Hall–Kier alpha value is -4.35. The minimum absolute atomic E-state index is 0.123. The van der Waals surface area contributed by atoms with E-state index in [2.05, 4.69) is 15.5 Å². The maximum absolute atomic E-state index is 14.3. The van der Waals surface area contributed by atoms with Crippen molar-refractivity contribution in [2.45, 2.75) is 25.6 Å². The van der Waals surface area contributed by atoms with Crippen LogP contribution in [0, 0.1) is 11.6 Å². The quantitative estimate of drug-likeness (QED) is 0.155. The van der Waals surface area contributed by atoms with E-state index in [1.54, 1.807) is 36.4 Å². The molecule has 5 rings (SSSR count). The van der Waals surface area contributed by atoms with E-state index >= 15 is 0 Å². The van der Waals surface area contributed by atoms with Gasteiger partial charge in [0.05, 0.1) is 13.2 Å². The molecule has 0 saturated carbocycles. The number of halogens is 3. The number of nitrogens with one attached hydrogen (secondary N) is 2. The van der Waals surface area contributed by atoms with Crippen molar-refractivity contribution in [3.63, 3.8) is 0 Å². The monoisotopic (exact) mass is 662 g/mol. The molecule has 0 bridgehead atoms. The van der Waals surface area contributed by atoms with E-state index in [0.29, 0.717) is 67.1 Å². The van der Waals surface area contributed by atoms with Crippen molar-refractivity contribution in [1.29, 1.82) is 0 Å². The van der Waals surface area contributed by atoms with Gasteiger partial charge >= 0.3 is 0 Å². The lowest BCUT2D eigenvalue weighted by Gasteiger charge is -2.34. The first-order valence-corrected chi connectivity index (χ1v) is 15.8. The van der Waals surface area contributed by atoms with Gasteiger partial charge in [-0.3, -0.25) is 19.4 Å². The summed E-state index contributed by atoms with van der Waals surface area (Å²) in [7, 11) is 0. The van der Waals surface area contributed by atoms with Crippen LogP contribution in [0.25, 0.3) is 0 Å². The number of hydrogen-bond donors (Lipinski definition) is 2. The number of ether oxygens (including phenoxy) is 2. The Morgan fingerprint density at radius 2 is 1.47 bits per heavy atom. The molecule has 246 valence electrons. The Labute approximate surface area is 278 Å². The third-order valence-corrected chi connectivity index (χ3v) is 8.11. The van der Waals surface area contributed by atoms with Crippen molar-refractivity contribution < 1.29 is 27.8 Å². The van der Waals surface area contributed by atoms with Gasteiger partial charge in [0.25, 0.3) is 0 Å². The second kappa shape index (κ2) is 17.0. The van der Waals surface area contributed by atoms with E-state index in [1.807, 2.05) is 35.2 Å². The number of carbonyl (C=O) groups is 2. The molecule has 1 saturated heterocycles. The molecule has 2 N–H and O–H groups in total. The van der Waals surface area contributed by atoms with Gasteiger partial charge < -0.3 is 20.1 Å². The van der Waals surface area contributed by atoms with Crippen LogP contribution >= 0.6 is 11.6 Å². The predicted octanol–water partition coefficient (Wildman–Crippen LogP) is 6.26. The molecule has 8 nitrogen and oxygen atoms in total. The van der Waals surface area contributed by atoms with E-state index in [1.165, 1.54) is 30.3 Å². The van der Waals surface area contributed by atoms with Gasteiger partial charge in [0.2, 0.25) is 11.8 Å². The van der Waals surface area contributed by atoms with Crippen LogP contribution in [0.1, 0.15) is 17.5 Å². The first kappa shape index (κ1) is 34.0. The van der Waals surface area contributed by atoms with Gasteiger partial charge in [-0.2, -0.15) is 0 Å². The lowest BCUT2D eigenvalue weighted by Crippen LogP contribution is -2.52. The number of benzene rings is 4. The van der Waals surface area contributed by atoms with Gasteiger partial charge in [0, 0.05) is 55.6 Å². The van der Waals surface area contributed by atoms with Crippen molar-refractivity contribution in [2.75, 3.05) is 44.6 Å². The van der Waals surface area contributed by atoms with Gasteiger partial charge in [-0.1, -0.05) is 48.0 Å². The van der Waals surface area contributed by atoms with Crippen molar-refractivity contribution in [1.82, 2.24) is 15.1 Å². The number of rotatable bonds is 14. The van der Waals surface area contributed by atoms with Crippen LogP contribution in [-0.4, -0.2) is 67.0 Å². The number of anilines is 1. The molecule has 1 heterocycles. The van der Waals surface area contributed by atoms with Crippen LogP contribution in [0.5, 0.6) is 11.5 Å². The summed E-state index contributed by atoms with van der Waals surface area (Å²) >= 11 is 6.20. The maximum atomic E-state index is 14.3. The zero-order valence-electron chi connectivity index (χ0n) is 25.8. The number of carbonyl (C=O) groups excluding carboxylic acids is 2. The number of hydrogen-bond acceptors (Lipinski definition) is 6. The molecule has 0 spiro atoms. The van der Waals surface area contributed by atoms with Gasteiger partial charge in [0.1, 0.15) is 29.2 Å². The minimum atomic E-state index is -0.835. The van der Waals surface area contributed by atoms with E-state index in [4.69, 9.17) is 21.1 Å². The second-order valence-corrected chi connectivity index (χ2v) is 11.7. The molecule has 1 fully saturated rings. The third kappa shape index (κ3) is 10.6. The summed E-state index contributed by atoms with van der Waals surface area (Å²) in [5.41, 5.74) is 2.01. The highest BCUT2D eigenvalue weighted by atomic mass is 35.5. The molecular weight excluding hydrogens is 626 g/mol. The van der Waals surface area contributed by atoms with Crippen molar-refractivity contribution in [2.24, 2.45) is 0 Å². The highest BCUT2D eigenvalue weighted by Gasteiger charge is 2.25. The molecule has 11 heteroatoms. The van der Waals surface area contributed by atoms with Crippen molar-refractivity contribution in [3.05, 3.63) is 125 Å². The highest BCUT2D eigenvalue weighted by molar-refractivity contribution is 6.31. The topological polar surface area (TPSA) is 83.1 Å². The Kier molecular flexibility index (Phi) is 12.3. The Bertz CT molecular complexity index is 1580. The Morgan fingerprint density at radius 3 is 2.15 bits per heavy atom. The lowest BCUT2D eigenvalue weighted by atomic mass is 10.1. The first-order valence-electron chi connectivity index (χ1n) is 15.5. The van der Waals surface area contributed by atoms with Gasteiger partial charge in [-0.15, -0.1) is 0 Å². The van der Waals surface area contributed by atoms with Crippen LogP contribution in [0.2, 0.25) is 5.02 Å². The normalized spacial score (nSPS) is 14.4. The molecule has 0 aliphatic carbocycles. The number of nitrogens with zero attached hydrogens (tertiary/aromatic N) is 2. The fourth-order valence-electron chi connectivity index (χ4n) is 5.16. The molecule has 4 aromatic carbocycles. The molecule has 1 atom stereocenters. The fraction of sp³-hybridized carbons (Fsp3) is 0.278. The molecule has 1 aliphatic rings. The molecule has 0 unspecified atom stereocenters. The Morgan fingerprint density at radius 1 is 0.809 bits per heavy atom. The number of amides is 2. The van der Waals surface area contributed by atoms with E-state index in [9.17, 15) is 18.4 Å². The average molecular weight is 663 g/mol.